The topological polar surface area (TPSA) is 183 Å². The Morgan fingerprint density at radius 2 is 1.55 bits per heavy atom. The minimum atomic E-state index is -1.87. The number of benzene rings is 5. The number of nitrogens with zero attached hydrogens (tertiary/aromatic N) is 2. The van der Waals surface area contributed by atoms with Crippen LogP contribution < -0.4 is 15.4 Å². The third-order valence-electron chi connectivity index (χ3n) is 12.2. The molecule has 0 aliphatic carbocycles. The van der Waals surface area contributed by atoms with E-state index in [9.17, 15) is 14.7 Å². The summed E-state index contributed by atoms with van der Waals surface area (Å²) in [5.74, 6) is 0.0792. The Labute approximate surface area is 377 Å². The maximum Gasteiger partial charge on any atom is 0.324 e. The first-order valence-electron chi connectivity index (χ1n) is 20.9. The average Bonchev–Trinajstić information content (AvgIpc) is 3.99. The van der Waals surface area contributed by atoms with E-state index in [4.69, 9.17) is 23.9 Å². The molecule has 4 heterocycles. The van der Waals surface area contributed by atoms with Crippen LogP contribution in [0.5, 0.6) is 5.75 Å². The number of aromatic nitrogens is 1. The number of fused-ring (bicyclic) bond motifs is 4. The van der Waals surface area contributed by atoms with Gasteiger partial charge in [0, 0.05) is 17.7 Å². The number of ether oxygens (including phenoxy) is 4. The minimum Gasteiger partial charge on any atom is -0.491 e. The predicted octanol–water partition coefficient (Wildman–Crippen LogP) is 6.28. The van der Waals surface area contributed by atoms with Crippen LogP contribution in [0.2, 0.25) is 0 Å². The fourth-order valence-electron chi connectivity index (χ4n) is 9.52. The maximum absolute atomic E-state index is 15.6. The Kier molecular flexibility index (Phi) is 11.9. The van der Waals surface area contributed by atoms with E-state index in [1.807, 2.05) is 95.9 Å². The first kappa shape index (κ1) is 42.9. The Morgan fingerprint density at radius 1 is 0.862 bits per heavy atom. The number of cyclic esters (lactones) is 1. The van der Waals surface area contributed by atoms with Gasteiger partial charge in [-0.15, -0.1) is 0 Å². The second-order valence-electron chi connectivity index (χ2n) is 15.7. The average molecular weight is 891 g/mol. The number of rotatable bonds is 11. The number of carbonyl (C=O) groups is 5. The highest BCUT2D eigenvalue weighted by Crippen LogP contribution is 2.65. The number of morpholine rings is 1. The molecule has 9 rings (SSSR count). The molecule has 2 amide bonds. The molecular formula is C50H42N4O10S. The summed E-state index contributed by atoms with van der Waals surface area (Å²) in [6.45, 7) is -0.258. The van der Waals surface area contributed by atoms with Crippen molar-refractivity contribution in [2.75, 3.05) is 38.1 Å². The zero-order chi connectivity index (χ0) is 45.2. The molecule has 3 N–H and O–H groups in total. The van der Waals surface area contributed by atoms with Crippen LogP contribution in [0.25, 0.3) is 10.2 Å². The van der Waals surface area contributed by atoms with Crippen molar-refractivity contribution in [1.82, 2.24) is 9.88 Å². The largest absolute Gasteiger partial charge is 0.491 e. The lowest BCUT2D eigenvalue weighted by atomic mass is 9.65. The number of aliphatic hydroxyl groups excluding tert-OH is 1. The number of amides is 2. The molecule has 2 saturated heterocycles. The lowest BCUT2D eigenvalue weighted by molar-refractivity contribution is -0.178. The van der Waals surface area contributed by atoms with Crippen LogP contribution in [0.3, 0.4) is 0 Å². The van der Waals surface area contributed by atoms with Crippen molar-refractivity contribution in [3.63, 3.8) is 0 Å². The standard InChI is InChI=1S/C50H42N4O10S/c1-61-45(57)34(46(58)62-2)20-11-13-29-23-24-36-35(27-29)50(48(60)51-36)39(44(56)53-49-52-37-21-9-10-22-38(37)65-49)41-47(59)64-42(31-16-7-4-8-17-31)40(30-14-5-3-6-15-30)54(41)43(50)32-18-12-19-33(28-32)63-26-25-55/h3-10,12,14-19,21-24,27-28,34,39-43,55H,20,25-26H2,1-2H3,(H,51,60)(H,52,53,56). The molecule has 2 fully saturated rings. The molecule has 3 aliphatic rings. The van der Waals surface area contributed by atoms with E-state index < -0.39 is 71.2 Å². The summed E-state index contributed by atoms with van der Waals surface area (Å²) in [5.41, 5.74) is 1.97. The van der Waals surface area contributed by atoms with Gasteiger partial charge in [-0.3, -0.25) is 28.9 Å². The van der Waals surface area contributed by atoms with Crippen LogP contribution in [0, 0.1) is 23.7 Å². The van der Waals surface area contributed by atoms with Crippen LogP contribution in [-0.4, -0.2) is 78.2 Å². The number of thiazole rings is 1. The molecule has 328 valence electrons. The quantitative estimate of drug-likeness (QED) is 0.0574. The summed E-state index contributed by atoms with van der Waals surface area (Å²) in [6.07, 6.45) is -1.11. The zero-order valence-corrected chi connectivity index (χ0v) is 36.0. The molecule has 14 nitrogen and oxygen atoms in total. The molecule has 0 saturated carbocycles. The highest BCUT2D eigenvalue weighted by Gasteiger charge is 2.74. The Morgan fingerprint density at radius 3 is 2.26 bits per heavy atom. The van der Waals surface area contributed by atoms with Crippen LogP contribution in [0.15, 0.2) is 127 Å². The lowest BCUT2D eigenvalue weighted by Crippen LogP contribution is -2.53. The maximum atomic E-state index is 15.6. The normalized spacial score (nSPS) is 22.0. The second kappa shape index (κ2) is 18.0. The molecule has 6 atom stereocenters. The lowest BCUT2D eigenvalue weighted by Gasteiger charge is -2.46. The number of anilines is 2. The zero-order valence-electron chi connectivity index (χ0n) is 35.1. The number of para-hydroxylation sites is 1. The van der Waals surface area contributed by atoms with Crippen molar-refractivity contribution >= 4 is 62.1 Å². The van der Waals surface area contributed by atoms with Gasteiger partial charge in [-0.25, -0.2) is 4.98 Å². The van der Waals surface area contributed by atoms with Crippen molar-refractivity contribution in [1.29, 1.82) is 0 Å². The number of carbonyl (C=O) groups excluding carboxylic acids is 5. The van der Waals surface area contributed by atoms with Crippen molar-refractivity contribution < 1.29 is 48.0 Å². The first-order chi connectivity index (χ1) is 31.7. The van der Waals surface area contributed by atoms with E-state index in [1.165, 1.54) is 25.6 Å². The molecular weight excluding hydrogens is 849 g/mol. The fraction of sp³-hybridized carbons (Fsp3) is 0.240. The second-order valence-corrected chi connectivity index (χ2v) is 16.7. The smallest absolute Gasteiger partial charge is 0.324 e. The fourth-order valence-corrected chi connectivity index (χ4v) is 10.4. The van der Waals surface area contributed by atoms with E-state index in [2.05, 4.69) is 22.5 Å². The molecule has 3 aliphatic heterocycles. The number of hydrogen-bond donors (Lipinski definition) is 3. The predicted molar refractivity (Wildman–Crippen MR) is 239 cm³/mol. The van der Waals surface area contributed by atoms with Gasteiger partial charge in [-0.05, 0) is 64.7 Å². The van der Waals surface area contributed by atoms with E-state index in [1.54, 1.807) is 36.4 Å². The monoisotopic (exact) mass is 890 g/mol. The van der Waals surface area contributed by atoms with Gasteiger partial charge in [0.1, 0.15) is 29.9 Å². The van der Waals surface area contributed by atoms with E-state index in [0.717, 1.165) is 10.3 Å². The highest BCUT2D eigenvalue weighted by atomic mass is 32.1. The molecule has 0 bridgehead atoms. The van der Waals surface area contributed by atoms with Crippen LogP contribution >= 0.6 is 11.3 Å². The third kappa shape index (κ3) is 7.65. The van der Waals surface area contributed by atoms with Gasteiger partial charge in [0.25, 0.3) is 0 Å². The molecule has 15 heteroatoms. The Bertz CT molecular complexity index is 2830. The third-order valence-corrected chi connectivity index (χ3v) is 13.1. The van der Waals surface area contributed by atoms with Gasteiger partial charge in [-0.2, -0.15) is 0 Å². The van der Waals surface area contributed by atoms with Gasteiger partial charge in [-0.1, -0.05) is 108 Å². The van der Waals surface area contributed by atoms with Crippen LogP contribution in [0.4, 0.5) is 10.8 Å². The SMILES string of the molecule is COC(=O)C(CC#Cc1ccc2c(c1)C1(C(=O)N2)C(C(=O)Nc2nc3ccccc3s2)C2C(=O)OC(c3ccccc3)C(c3ccccc3)N2C1c1cccc(OCCO)c1)C(=O)OC. The van der Waals surface area contributed by atoms with E-state index in [0.29, 0.717) is 39.2 Å². The number of nitrogens with one attached hydrogen (secondary N) is 2. The summed E-state index contributed by atoms with van der Waals surface area (Å²) >= 11 is 1.26. The summed E-state index contributed by atoms with van der Waals surface area (Å²) in [7, 11) is 2.33. The summed E-state index contributed by atoms with van der Waals surface area (Å²) in [6, 6.07) is 35.3. The number of methoxy groups -OCH3 is 2. The van der Waals surface area contributed by atoms with Gasteiger partial charge >= 0.3 is 17.9 Å². The van der Waals surface area contributed by atoms with Crippen LogP contribution in [-0.2, 0) is 43.6 Å². The van der Waals surface area contributed by atoms with E-state index >= 15 is 14.4 Å². The van der Waals surface area contributed by atoms with Gasteiger partial charge in [0.2, 0.25) is 11.8 Å². The van der Waals surface area contributed by atoms with Crippen LogP contribution in [0.1, 0.15) is 52.4 Å². The molecule has 0 radical (unpaired) electrons. The molecule has 6 aromatic rings. The first-order valence-corrected chi connectivity index (χ1v) is 21.7. The summed E-state index contributed by atoms with van der Waals surface area (Å²) in [5, 5.41) is 16.1. The minimum absolute atomic E-state index is 0.00793. The van der Waals surface area contributed by atoms with E-state index in [-0.39, 0.29) is 24.8 Å². The van der Waals surface area contributed by atoms with Crippen molar-refractivity contribution in [3.05, 3.63) is 155 Å². The summed E-state index contributed by atoms with van der Waals surface area (Å²) in [4.78, 5) is 78.0. The van der Waals surface area contributed by atoms with Crippen molar-refractivity contribution in [2.24, 2.45) is 11.8 Å². The molecule has 5 aromatic carbocycles. The number of esters is 3. The molecule has 1 aromatic heterocycles. The number of aliphatic hydroxyl groups is 1. The summed E-state index contributed by atoms with van der Waals surface area (Å²) < 4.78 is 22.9. The molecule has 1 spiro atoms. The Balaban J connectivity index is 1.29. The van der Waals surface area contributed by atoms with Gasteiger partial charge < -0.3 is 34.7 Å². The number of hydrogen-bond acceptors (Lipinski definition) is 13. The van der Waals surface area contributed by atoms with Gasteiger partial charge in [0.05, 0.1) is 49.0 Å². The van der Waals surface area contributed by atoms with Gasteiger partial charge in [0.15, 0.2) is 11.0 Å². The molecule has 6 unspecified atom stereocenters. The Hall–Kier alpha value is -7.38. The van der Waals surface area contributed by atoms with Crippen molar-refractivity contribution in [3.8, 4) is 17.6 Å². The highest BCUT2D eigenvalue weighted by molar-refractivity contribution is 7.22. The molecule has 65 heavy (non-hydrogen) atoms. The van der Waals surface area contributed by atoms with Crippen molar-refractivity contribution in [2.45, 2.75) is 36.1 Å².